The Morgan fingerprint density at radius 2 is 2.07 bits per heavy atom. The summed E-state index contributed by atoms with van der Waals surface area (Å²) in [5, 5.41) is 3.71. The van der Waals surface area contributed by atoms with E-state index in [0.717, 1.165) is 18.5 Å². The molecule has 0 saturated carbocycles. The molecule has 1 aliphatic heterocycles. The van der Waals surface area contributed by atoms with Gasteiger partial charge < -0.3 is 5.32 Å². The summed E-state index contributed by atoms with van der Waals surface area (Å²) in [6, 6.07) is 0.743. The highest BCUT2D eigenvalue weighted by molar-refractivity contribution is 4.94. The second kappa shape index (κ2) is 5.31. The van der Waals surface area contributed by atoms with Gasteiger partial charge in [-0.1, -0.05) is 27.7 Å². The average Bonchev–Trinajstić information content (AvgIpc) is 2.17. The number of hydrogen-bond donors (Lipinski definition) is 1. The van der Waals surface area contributed by atoms with E-state index < -0.39 is 0 Å². The Balaban J connectivity index is 2.61. The highest BCUT2D eigenvalue weighted by Gasteiger charge is 2.33. The van der Waals surface area contributed by atoms with Crippen LogP contribution >= 0.6 is 0 Å². The quantitative estimate of drug-likeness (QED) is 0.770. The summed E-state index contributed by atoms with van der Waals surface area (Å²) in [5.41, 5.74) is 0.334. The van der Waals surface area contributed by atoms with Gasteiger partial charge in [-0.25, -0.2) is 0 Å². The van der Waals surface area contributed by atoms with Crippen LogP contribution in [0.4, 0.5) is 0 Å². The molecule has 1 aliphatic rings. The van der Waals surface area contributed by atoms with Crippen molar-refractivity contribution in [2.75, 3.05) is 19.6 Å². The zero-order valence-electron chi connectivity index (χ0n) is 11.1. The number of hydrogen-bond acceptors (Lipinski definition) is 2. The summed E-state index contributed by atoms with van der Waals surface area (Å²) >= 11 is 0. The van der Waals surface area contributed by atoms with Crippen molar-refractivity contribution in [2.24, 2.45) is 5.92 Å². The SMILES string of the molecule is CCC1CNC(C)(CC)CN1CC(C)C. The summed E-state index contributed by atoms with van der Waals surface area (Å²) in [4.78, 5) is 2.69. The van der Waals surface area contributed by atoms with Crippen LogP contribution in [-0.4, -0.2) is 36.1 Å². The molecule has 0 radical (unpaired) electrons. The molecule has 15 heavy (non-hydrogen) atoms. The van der Waals surface area contributed by atoms with Crippen molar-refractivity contribution in [3.63, 3.8) is 0 Å². The first-order valence-corrected chi connectivity index (χ1v) is 6.49. The average molecular weight is 212 g/mol. The van der Waals surface area contributed by atoms with Crippen LogP contribution in [0, 0.1) is 5.92 Å². The van der Waals surface area contributed by atoms with Crippen LogP contribution in [0.5, 0.6) is 0 Å². The Kier molecular flexibility index (Phi) is 4.60. The molecule has 2 heteroatoms. The highest BCUT2D eigenvalue weighted by atomic mass is 15.2. The van der Waals surface area contributed by atoms with E-state index in [1.165, 1.54) is 25.9 Å². The minimum Gasteiger partial charge on any atom is -0.309 e. The second-order valence-electron chi connectivity index (χ2n) is 5.68. The van der Waals surface area contributed by atoms with Gasteiger partial charge in [-0.2, -0.15) is 0 Å². The zero-order chi connectivity index (χ0) is 11.5. The molecule has 1 N–H and O–H groups in total. The van der Waals surface area contributed by atoms with Crippen molar-refractivity contribution < 1.29 is 0 Å². The van der Waals surface area contributed by atoms with Gasteiger partial charge in [-0.3, -0.25) is 4.90 Å². The van der Waals surface area contributed by atoms with Crippen LogP contribution in [0.1, 0.15) is 47.5 Å². The van der Waals surface area contributed by atoms with Gasteiger partial charge in [0.25, 0.3) is 0 Å². The minimum atomic E-state index is 0.334. The molecule has 1 rings (SSSR count). The van der Waals surface area contributed by atoms with Gasteiger partial charge in [0.15, 0.2) is 0 Å². The summed E-state index contributed by atoms with van der Waals surface area (Å²) < 4.78 is 0. The zero-order valence-corrected chi connectivity index (χ0v) is 11.1. The third-order valence-electron chi connectivity index (χ3n) is 3.68. The molecule has 0 amide bonds. The lowest BCUT2D eigenvalue weighted by molar-refractivity contribution is 0.0718. The minimum absolute atomic E-state index is 0.334. The third-order valence-corrected chi connectivity index (χ3v) is 3.68. The van der Waals surface area contributed by atoms with E-state index in [1.807, 2.05) is 0 Å². The van der Waals surface area contributed by atoms with Crippen LogP contribution in [0.25, 0.3) is 0 Å². The van der Waals surface area contributed by atoms with Crippen molar-refractivity contribution in [1.82, 2.24) is 10.2 Å². The van der Waals surface area contributed by atoms with Gasteiger partial charge in [0, 0.05) is 31.2 Å². The van der Waals surface area contributed by atoms with Crippen molar-refractivity contribution in [3.05, 3.63) is 0 Å². The van der Waals surface area contributed by atoms with E-state index in [1.54, 1.807) is 0 Å². The summed E-state index contributed by atoms with van der Waals surface area (Å²) in [5.74, 6) is 0.776. The van der Waals surface area contributed by atoms with E-state index in [2.05, 4.69) is 44.8 Å². The van der Waals surface area contributed by atoms with E-state index in [-0.39, 0.29) is 0 Å². The standard InChI is InChI=1S/C13H28N2/c1-6-12-8-14-13(5,7-2)10-15(12)9-11(3)4/h11-12,14H,6-10H2,1-5H3. The molecule has 1 fully saturated rings. The van der Waals surface area contributed by atoms with Crippen LogP contribution in [0.3, 0.4) is 0 Å². The van der Waals surface area contributed by atoms with Gasteiger partial charge in [0.1, 0.15) is 0 Å². The Bertz CT molecular complexity index is 191. The Morgan fingerprint density at radius 1 is 1.40 bits per heavy atom. The second-order valence-corrected chi connectivity index (χ2v) is 5.68. The maximum atomic E-state index is 3.71. The lowest BCUT2D eigenvalue weighted by Gasteiger charge is -2.46. The summed E-state index contributed by atoms with van der Waals surface area (Å²) in [7, 11) is 0. The molecule has 0 aliphatic carbocycles. The maximum Gasteiger partial charge on any atom is 0.0278 e. The molecule has 1 saturated heterocycles. The number of nitrogens with one attached hydrogen (secondary N) is 1. The first-order chi connectivity index (χ1) is 7.00. The van der Waals surface area contributed by atoms with Gasteiger partial charge in [-0.15, -0.1) is 0 Å². The van der Waals surface area contributed by atoms with Gasteiger partial charge in [0.2, 0.25) is 0 Å². The molecule has 1 heterocycles. The van der Waals surface area contributed by atoms with E-state index in [4.69, 9.17) is 0 Å². The largest absolute Gasteiger partial charge is 0.309 e. The topological polar surface area (TPSA) is 15.3 Å². The third kappa shape index (κ3) is 3.46. The fourth-order valence-corrected chi connectivity index (χ4v) is 2.45. The molecule has 0 aromatic carbocycles. The Labute approximate surface area is 95.4 Å². The van der Waals surface area contributed by atoms with Crippen LogP contribution < -0.4 is 5.32 Å². The predicted octanol–water partition coefficient (Wildman–Crippen LogP) is 2.49. The fourth-order valence-electron chi connectivity index (χ4n) is 2.45. The monoisotopic (exact) mass is 212 g/mol. The van der Waals surface area contributed by atoms with Crippen molar-refractivity contribution in [2.45, 2.75) is 59.0 Å². The lowest BCUT2D eigenvalue weighted by Crippen LogP contribution is -2.62. The van der Waals surface area contributed by atoms with Crippen molar-refractivity contribution >= 4 is 0 Å². The molecule has 0 spiro atoms. The van der Waals surface area contributed by atoms with Crippen molar-refractivity contribution in [1.29, 1.82) is 0 Å². The normalized spacial score (nSPS) is 33.6. The molecule has 0 bridgehead atoms. The fraction of sp³-hybridized carbons (Fsp3) is 1.00. The molecule has 90 valence electrons. The van der Waals surface area contributed by atoms with Crippen LogP contribution in [-0.2, 0) is 0 Å². The molecule has 0 aromatic heterocycles. The van der Waals surface area contributed by atoms with Gasteiger partial charge >= 0.3 is 0 Å². The smallest absolute Gasteiger partial charge is 0.0278 e. The first-order valence-electron chi connectivity index (χ1n) is 6.49. The Hall–Kier alpha value is -0.0800. The first kappa shape index (κ1) is 13.0. The van der Waals surface area contributed by atoms with E-state index in [9.17, 15) is 0 Å². The van der Waals surface area contributed by atoms with Gasteiger partial charge in [0.05, 0.1) is 0 Å². The van der Waals surface area contributed by atoms with E-state index >= 15 is 0 Å². The lowest BCUT2D eigenvalue weighted by atomic mass is 9.92. The van der Waals surface area contributed by atoms with E-state index in [0.29, 0.717) is 5.54 Å². The number of rotatable bonds is 4. The number of piperazine rings is 1. The highest BCUT2D eigenvalue weighted by Crippen LogP contribution is 2.21. The summed E-state index contributed by atoms with van der Waals surface area (Å²) in [6.45, 7) is 15.2. The molecule has 0 aromatic rings. The predicted molar refractivity (Wildman–Crippen MR) is 67.2 cm³/mol. The maximum absolute atomic E-state index is 3.71. The molecule has 2 unspecified atom stereocenters. The number of nitrogens with zero attached hydrogens (tertiary/aromatic N) is 1. The molecular formula is C13H28N2. The molecule has 2 atom stereocenters. The van der Waals surface area contributed by atoms with Crippen LogP contribution in [0.15, 0.2) is 0 Å². The summed E-state index contributed by atoms with van der Waals surface area (Å²) in [6.07, 6.45) is 2.48. The van der Waals surface area contributed by atoms with Gasteiger partial charge in [-0.05, 0) is 25.7 Å². The molecular weight excluding hydrogens is 184 g/mol. The van der Waals surface area contributed by atoms with Crippen LogP contribution in [0.2, 0.25) is 0 Å². The van der Waals surface area contributed by atoms with Crippen molar-refractivity contribution in [3.8, 4) is 0 Å². The Morgan fingerprint density at radius 3 is 2.53 bits per heavy atom. The molecule has 2 nitrogen and oxygen atoms in total.